The lowest BCUT2D eigenvalue weighted by Gasteiger charge is -2.13. The molecule has 5 heteroatoms. The second-order valence-electron chi connectivity index (χ2n) is 3.63. The Kier molecular flexibility index (Phi) is 3.17. The zero-order valence-electron chi connectivity index (χ0n) is 8.92. The molecule has 0 aromatic carbocycles. The van der Waals surface area contributed by atoms with Gasteiger partial charge in [-0.25, -0.2) is 9.66 Å². The summed E-state index contributed by atoms with van der Waals surface area (Å²) in [5.41, 5.74) is 3.83. The van der Waals surface area contributed by atoms with Crippen molar-refractivity contribution in [1.82, 2.24) is 9.66 Å². The summed E-state index contributed by atoms with van der Waals surface area (Å²) in [4.78, 5) is 4.27. The highest BCUT2D eigenvalue weighted by Crippen LogP contribution is 2.10. The minimum atomic E-state index is -0.430. The van der Waals surface area contributed by atoms with Crippen LogP contribution in [-0.4, -0.2) is 27.4 Å². The van der Waals surface area contributed by atoms with Gasteiger partial charge in [0.2, 0.25) is 0 Å². The summed E-state index contributed by atoms with van der Waals surface area (Å²) in [6.07, 6.45) is 1.29. The van der Waals surface area contributed by atoms with Gasteiger partial charge in [0.15, 0.2) is 5.65 Å². The summed E-state index contributed by atoms with van der Waals surface area (Å²) in [6, 6.07) is 7.63. The number of aliphatic hydroxyl groups is 1. The molecule has 1 atom stereocenters. The molecule has 0 radical (unpaired) electrons. The minimum Gasteiger partial charge on any atom is -0.392 e. The number of nitrogens with zero attached hydrogens (tertiary/aromatic N) is 2. The van der Waals surface area contributed by atoms with E-state index < -0.39 is 6.10 Å². The predicted molar refractivity (Wildman–Crippen MR) is 66.5 cm³/mol. The minimum absolute atomic E-state index is 0.430. The van der Waals surface area contributed by atoms with Crippen LogP contribution < -0.4 is 5.43 Å². The quantitative estimate of drug-likeness (QED) is 0.795. The van der Waals surface area contributed by atoms with Crippen LogP contribution in [0.2, 0.25) is 0 Å². The molecule has 84 valence electrons. The van der Waals surface area contributed by atoms with Gasteiger partial charge in [-0.1, -0.05) is 12.2 Å². The van der Waals surface area contributed by atoms with Gasteiger partial charge in [-0.05, 0) is 31.2 Å². The fourth-order valence-electron chi connectivity index (χ4n) is 1.44. The van der Waals surface area contributed by atoms with E-state index in [1.54, 1.807) is 17.8 Å². The Morgan fingerprint density at radius 1 is 1.50 bits per heavy atom. The van der Waals surface area contributed by atoms with E-state index in [0.29, 0.717) is 11.2 Å². The van der Waals surface area contributed by atoms with E-state index in [-0.39, 0.29) is 0 Å². The largest absolute Gasteiger partial charge is 0.392 e. The van der Waals surface area contributed by atoms with E-state index in [9.17, 15) is 5.11 Å². The molecular formula is C11H13N3OS. The molecule has 0 spiro atoms. The molecule has 0 bridgehead atoms. The van der Waals surface area contributed by atoms with Crippen LogP contribution in [0.25, 0.3) is 11.0 Å². The maximum Gasteiger partial charge on any atom is 0.159 e. The van der Waals surface area contributed by atoms with Crippen molar-refractivity contribution >= 4 is 23.3 Å². The summed E-state index contributed by atoms with van der Waals surface area (Å²) in [5.74, 6) is 0. The van der Waals surface area contributed by atoms with Gasteiger partial charge in [-0.15, -0.1) is 0 Å². The molecule has 16 heavy (non-hydrogen) atoms. The molecule has 2 aromatic rings. The van der Waals surface area contributed by atoms with E-state index in [1.807, 2.05) is 24.3 Å². The first-order valence-corrected chi connectivity index (χ1v) is 5.48. The monoisotopic (exact) mass is 235 g/mol. The topological polar surface area (TPSA) is 50.1 Å². The van der Waals surface area contributed by atoms with Crippen LogP contribution in [0.1, 0.15) is 6.92 Å². The first-order valence-electron chi connectivity index (χ1n) is 5.07. The zero-order valence-corrected chi connectivity index (χ0v) is 9.74. The van der Waals surface area contributed by atoms with Crippen molar-refractivity contribution in [3.05, 3.63) is 35.1 Å². The Hall–Kier alpha value is -1.46. The van der Waals surface area contributed by atoms with Crippen molar-refractivity contribution in [3.8, 4) is 0 Å². The molecule has 0 aliphatic rings. The SMILES string of the molecule is CC(O)CNn1c(=S)ccc2cccnc21. The number of hydrogen-bond acceptors (Lipinski definition) is 4. The summed E-state index contributed by atoms with van der Waals surface area (Å²) in [7, 11) is 0. The van der Waals surface area contributed by atoms with Gasteiger partial charge in [-0.3, -0.25) is 0 Å². The third-order valence-corrected chi connectivity index (χ3v) is 2.52. The Labute approximate surface area is 98.5 Å². The zero-order chi connectivity index (χ0) is 11.5. The van der Waals surface area contributed by atoms with Crippen molar-refractivity contribution in [2.45, 2.75) is 13.0 Å². The van der Waals surface area contributed by atoms with Crippen molar-refractivity contribution in [1.29, 1.82) is 0 Å². The molecule has 2 aromatic heterocycles. The smallest absolute Gasteiger partial charge is 0.159 e. The highest BCUT2D eigenvalue weighted by Gasteiger charge is 2.01. The van der Waals surface area contributed by atoms with Gasteiger partial charge in [0, 0.05) is 11.6 Å². The second kappa shape index (κ2) is 4.59. The fraction of sp³-hybridized carbons (Fsp3) is 0.273. The van der Waals surface area contributed by atoms with Gasteiger partial charge in [0.05, 0.1) is 12.6 Å². The lowest BCUT2D eigenvalue weighted by atomic mass is 10.3. The fourth-order valence-corrected chi connectivity index (χ4v) is 1.66. The molecule has 1 unspecified atom stereocenters. The normalized spacial score (nSPS) is 12.6. The van der Waals surface area contributed by atoms with Gasteiger partial charge in [0.25, 0.3) is 0 Å². The Bertz CT molecular complexity index is 550. The number of rotatable bonds is 3. The van der Waals surface area contributed by atoms with Crippen LogP contribution >= 0.6 is 12.2 Å². The molecule has 0 saturated carbocycles. The highest BCUT2D eigenvalue weighted by molar-refractivity contribution is 7.71. The molecule has 0 aliphatic heterocycles. The van der Waals surface area contributed by atoms with Crippen LogP contribution in [0.5, 0.6) is 0 Å². The summed E-state index contributed by atoms with van der Waals surface area (Å²) in [6.45, 7) is 2.15. The number of fused-ring (bicyclic) bond motifs is 1. The molecule has 0 fully saturated rings. The van der Waals surface area contributed by atoms with Crippen LogP contribution in [0, 0.1) is 4.64 Å². The first-order chi connectivity index (χ1) is 7.68. The second-order valence-corrected chi connectivity index (χ2v) is 4.05. The van der Waals surface area contributed by atoms with Crippen LogP contribution in [-0.2, 0) is 0 Å². The number of aromatic nitrogens is 2. The van der Waals surface area contributed by atoms with Gasteiger partial charge >= 0.3 is 0 Å². The predicted octanol–water partition coefficient (Wildman–Crippen LogP) is 1.69. The van der Waals surface area contributed by atoms with Crippen LogP contribution in [0.15, 0.2) is 30.5 Å². The van der Waals surface area contributed by atoms with Crippen molar-refractivity contribution < 1.29 is 5.11 Å². The van der Waals surface area contributed by atoms with E-state index in [0.717, 1.165) is 11.0 Å². The molecule has 0 amide bonds. The Morgan fingerprint density at radius 3 is 3.06 bits per heavy atom. The van der Waals surface area contributed by atoms with Gasteiger partial charge < -0.3 is 10.5 Å². The van der Waals surface area contributed by atoms with E-state index in [4.69, 9.17) is 12.2 Å². The third-order valence-electron chi connectivity index (χ3n) is 2.20. The van der Waals surface area contributed by atoms with Crippen LogP contribution in [0.3, 0.4) is 0 Å². The number of aliphatic hydroxyl groups excluding tert-OH is 1. The maximum atomic E-state index is 9.25. The van der Waals surface area contributed by atoms with E-state index in [2.05, 4.69) is 10.4 Å². The Morgan fingerprint density at radius 2 is 2.31 bits per heavy atom. The molecule has 0 saturated heterocycles. The molecule has 0 aliphatic carbocycles. The number of hydrogen-bond donors (Lipinski definition) is 2. The summed E-state index contributed by atoms with van der Waals surface area (Å²) < 4.78 is 2.36. The first kappa shape index (κ1) is 11.0. The maximum absolute atomic E-state index is 9.25. The average Bonchev–Trinajstić information content (AvgIpc) is 2.27. The van der Waals surface area contributed by atoms with Crippen molar-refractivity contribution in [3.63, 3.8) is 0 Å². The lowest BCUT2D eigenvalue weighted by Crippen LogP contribution is -2.25. The summed E-state index contributed by atoms with van der Waals surface area (Å²) >= 11 is 5.21. The Balaban J connectivity index is 2.49. The lowest BCUT2D eigenvalue weighted by molar-refractivity contribution is 0.205. The van der Waals surface area contributed by atoms with Crippen molar-refractivity contribution in [2.75, 3.05) is 12.0 Å². The highest BCUT2D eigenvalue weighted by atomic mass is 32.1. The number of nitrogens with one attached hydrogen (secondary N) is 1. The standard InChI is InChI=1S/C11H13N3OS/c1-8(15)7-13-14-10(16)5-4-9-3-2-6-12-11(9)14/h2-6,8,13,15H,7H2,1H3. The molecule has 2 rings (SSSR count). The molecular weight excluding hydrogens is 222 g/mol. The van der Waals surface area contributed by atoms with Gasteiger partial charge in [-0.2, -0.15) is 0 Å². The van der Waals surface area contributed by atoms with Gasteiger partial charge in [0.1, 0.15) is 4.64 Å². The summed E-state index contributed by atoms with van der Waals surface area (Å²) in [5, 5.41) is 10.3. The molecule has 4 nitrogen and oxygen atoms in total. The number of pyridine rings is 2. The average molecular weight is 235 g/mol. The van der Waals surface area contributed by atoms with E-state index in [1.165, 1.54) is 0 Å². The van der Waals surface area contributed by atoms with Crippen molar-refractivity contribution in [2.24, 2.45) is 0 Å². The molecule has 2 heterocycles. The van der Waals surface area contributed by atoms with Crippen LogP contribution in [0.4, 0.5) is 0 Å². The third kappa shape index (κ3) is 2.20. The molecule has 2 N–H and O–H groups in total. The van der Waals surface area contributed by atoms with E-state index >= 15 is 0 Å².